The number of alkyl halides is 1. The van der Waals surface area contributed by atoms with Gasteiger partial charge in [0.15, 0.2) is 0 Å². The maximum Gasteiger partial charge on any atom is 0.343 e. The zero-order chi connectivity index (χ0) is 24.6. The highest BCUT2D eigenvalue weighted by Gasteiger charge is 2.10. The molecule has 0 amide bonds. The van der Waals surface area contributed by atoms with Crippen LogP contribution in [-0.2, 0) is 6.42 Å². The lowest BCUT2D eigenvalue weighted by molar-refractivity contribution is 0.0734. The van der Waals surface area contributed by atoms with Gasteiger partial charge in [0.05, 0.1) is 12.2 Å². The number of halogens is 1. The van der Waals surface area contributed by atoms with Crippen molar-refractivity contribution in [1.82, 2.24) is 0 Å². The average molecular weight is 487 g/mol. The lowest BCUT2D eigenvalue weighted by Crippen LogP contribution is -2.08. The lowest BCUT2D eigenvalue weighted by atomic mass is 9.99. The molecule has 4 heteroatoms. The van der Waals surface area contributed by atoms with Gasteiger partial charge in [0, 0.05) is 5.38 Å². The first-order valence-corrected chi connectivity index (χ1v) is 13.6. The van der Waals surface area contributed by atoms with Crippen LogP contribution in [0.15, 0.2) is 48.5 Å². The summed E-state index contributed by atoms with van der Waals surface area (Å²) in [6.45, 7) is 7.29. The summed E-state index contributed by atoms with van der Waals surface area (Å²) in [5.74, 6) is 1.58. The fraction of sp³-hybridized carbons (Fsp3) is 0.567. The molecule has 0 saturated heterocycles. The van der Waals surface area contributed by atoms with Crippen LogP contribution < -0.4 is 9.47 Å². The Labute approximate surface area is 212 Å². The first-order valence-electron chi connectivity index (χ1n) is 13.2. The predicted octanol–water partition coefficient (Wildman–Crippen LogP) is 9.01. The van der Waals surface area contributed by atoms with Gasteiger partial charge in [-0.15, -0.1) is 11.6 Å². The molecule has 0 bridgehead atoms. The molecule has 0 aliphatic rings. The van der Waals surface area contributed by atoms with Crippen LogP contribution in [0.1, 0.15) is 101 Å². The Morgan fingerprint density at radius 2 is 1.50 bits per heavy atom. The van der Waals surface area contributed by atoms with Crippen LogP contribution in [0.4, 0.5) is 0 Å². The van der Waals surface area contributed by atoms with E-state index < -0.39 is 0 Å². The van der Waals surface area contributed by atoms with E-state index in [1.54, 1.807) is 12.1 Å². The van der Waals surface area contributed by atoms with Gasteiger partial charge in [0.1, 0.15) is 11.5 Å². The summed E-state index contributed by atoms with van der Waals surface area (Å²) in [6.07, 6.45) is 13.0. The minimum atomic E-state index is -0.335. The summed E-state index contributed by atoms with van der Waals surface area (Å²) in [6, 6.07) is 15.1. The van der Waals surface area contributed by atoms with E-state index in [-0.39, 0.29) is 11.3 Å². The Morgan fingerprint density at radius 3 is 2.18 bits per heavy atom. The van der Waals surface area contributed by atoms with Crippen molar-refractivity contribution in [2.45, 2.75) is 96.8 Å². The molecule has 0 fully saturated rings. The summed E-state index contributed by atoms with van der Waals surface area (Å²) in [5.41, 5.74) is 1.85. The number of rotatable bonds is 17. The van der Waals surface area contributed by atoms with E-state index in [4.69, 9.17) is 21.1 Å². The smallest absolute Gasteiger partial charge is 0.343 e. The van der Waals surface area contributed by atoms with Gasteiger partial charge in [-0.2, -0.15) is 0 Å². The summed E-state index contributed by atoms with van der Waals surface area (Å²) >= 11 is 6.23. The predicted molar refractivity (Wildman–Crippen MR) is 143 cm³/mol. The SMILES string of the molecule is CCCCCCCCc1ccc(C(=O)Oc2ccc(OCCCC(C)C[C@H](Cl)CC)cc2)cc1. The lowest BCUT2D eigenvalue weighted by Gasteiger charge is -2.14. The Hall–Kier alpha value is -2.00. The highest BCUT2D eigenvalue weighted by atomic mass is 35.5. The molecular weight excluding hydrogens is 444 g/mol. The van der Waals surface area contributed by atoms with E-state index in [1.165, 1.54) is 44.1 Å². The summed E-state index contributed by atoms with van der Waals surface area (Å²) in [7, 11) is 0. The largest absolute Gasteiger partial charge is 0.494 e. The number of carbonyl (C=O) groups is 1. The molecule has 3 nitrogen and oxygen atoms in total. The maximum absolute atomic E-state index is 12.5. The van der Waals surface area contributed by atoms with Crippen molar-refractivity contribution < 1.29 is 14.3 Å². The third-order valence-corrected chi connectivity index (χ3v) is 6.74. The van der Waals surface area contributed by atoms with E-state index >= 15 is 0 Å². The van der Waals surface area contributed by atoms with E-state index in [0.717, 1.165) is 37.9 Å². The van der Waals surface area contributed by atoms with Crippen molar-refractivity contribution in [3.63, 3.8) is 0 Å². The van der Waals surface area contributed by atoms with Crippen molar-refractivity contribution in [3.05, 3.63) is 59.7 Å². The van der Waals surface area contributed by atoms with Gasteiger partial charge in [-0.1, -0.05) is 65.0 Å². The molecule has 0 aromatic heterocycles. The molecule has 0 aliphatic carbocycles. The molecule has 2 atom stereocenters. The molecule has 1 unspecified atom stereocenters. The molecule has 0 spiro atoms. The van der Waals surface area contributed by atoms with Crippen molar-refractivity contribution in [3.8, 4) is 11.5 Å². The van der Waals surface area contributed by atoms with Gasteiger partial charge >= 0.3 is 5.97 Å². The van der Waals surface area contributed by atoms with Gasteiger partial charge in [0.25, 0.3) is 0 Å². The molecule has 0 heterocycles. The van der Waals surface area contributed by atoms with E-state index in [0.29, 0.717) is 23.8 Å². The molecule has 0 N–H and O–H groups in total. The Bertz CT molecular complexity index is 801. The number of carbonyl (C=O) groups excluding carboxylic acids is 1. The number of unbranched alkanes of at least 4 members (excludes halogenated alkanes) is 5. The standard InChI is InChI=1S/C30H43ClO3/c1-4-6-7-8-9-10-13-25-14-16-26(17-15-25)30(32)34-29-20-18-28(19-21-29)33-22-11-12-24(3)23-27(31)5-2/h14-21,24,27H,4-13,22-23H2,1-3H3/t24?,27-/m1/s1. The second-order valence-corrected chi connectivity index (χ2v) is 10.0. The van der Waals surface area contributed by atoms with Crippen molar-refractivity contribution in [2.75, 3.05) is 6.61 Å². The van der Waals surface area contributed by atoms with Crippen LogP contribution >= 0.6 is 11.6 Å². The monoisotopic (exact) mass is 486 g/mol. The second-order valence-electron chi connectivity index (χ2n) is 9.41. The van der Waals surface area contributed by atoms with Gasteiger partial charge in [0.2, 0.25) is 0 Å². The number of aryl methyl sites for hydroxylation is 1. The molecule has 0 saturated carbocycles. The average Bonchev–Trinajstić information content (AvgIpc) is 2.85. The Balaban J connectivity index is 1.68. The molecule has 34 heavy (non-hydrogen) atoms. The first kappa shape index (κ1) is 28.2. The van der Waals surface area contributed by atoms with Crippen molar-refractivity contribution in [2.24, 2.45) is 5.92 Å². The maximum atomic E-state index is 12.5. The molecule has 2 aromatic carbocycles. The first-order chi connectivity index (χ1) is 16.5. The van der Waals surface area contributed by atoms with Crippen LogP contribution in [0.25, 0.3) is 0 Å². The second kappa shape index (κ2) is 16.6. The zero-order valence-corrected chi connectivity index (χ0v) is 22.1. The van der Waals surface area contributed by atoms with E-state index in [9.17, 15) is 4.79 Å². The van der Waals surface area contributed by atoms with Crippen molar-refractivity contribution in [1.29, 1.82) is 0 Å². The quantitative estimate of drug-likeness (QED) is 0.0967. The molecule has 0 radical (unpaired) electrons. The highest BCUT2D eigenvalue weighted by Crippen LogP contribution is 2.21. The van der Waals surface area contributed by atoms with Gasteiger partial charge < -0.3 is 9.47 Å². The van der Waals surface area contributed by atoms with E-state index in [2.05, 4.69) is 20.8 Å². The van der Waals surface area contributed by atoms with Crippen LogP contribution in [-0.4, -0.2) is 18.0 Å². The third-order valence-electron chi connectivity index (χ3n) is 6.25. The van der Waals surface area contributed by atoms with Crippen LogP contribution in [0.5, 0.6) is 11.5 Å². The third kappa shape index (κ3) is 11.4. The minimum Gasteiger partial charge on any atom is -0.494 e. The van der Waals surface area contributed by atoms with Crippen LogP contribution in [0.3, 0.4) is 0 Å². The normalized spacial score (nSPS) is 12.8. The zero-order valence-electron chi connectivity index (χ0n) is 21.4. The van der Waals surface area contributed by atoms with Crippen LogP contribution in [0, 0.1) is 5.92 Å². The Morgan fingerprint density at radius 1 is 0.853 bits per heavy atom. The molecular formula is C30H43ClO3. The number of hydrogen-bond acceptors (Lipinski definition) is 3. The number of hydrogen-bond donors (Lipinski definition) is 0. The number of benzene rings is 2. The molecule has 2 rings (SSSR count). The fourth-order valence-electron chi connectivity index (χ4n) is 4.03. The van der Waals surface area contributed by atoms with E-state index in [1.807, 2.05) is 36.4 Å². The van der Waals surface area contributed by atoms with Crippen LogP contribution in [0.2, 0.25) is 0 Å². The highest BCUT2D eigenvalue weighted by molar-refractivity contribution is 6.20. The van der Waals surface area contributed by atoms with Gasteiger partial charge in [-0.25, -0.2) is 4.79 Å². The minimum absolute atomic E-state index is 0.272. The molecule has 188 valence electrons. The summed E-state index contributed by atoms with van der Waals surface area (Å²) in [4.78, 5) is 12.5. The summed E-state index contributed by atoms with van der Waals surface area (Å²) < 4.78 is 11.4. The van der Waals surface area contributed by atoms with Gasteiger partial charge in [-0.3, -0.25) is 0 Å². The van der Waals surface area contributed by atoms with Crippen molar-refractivity contribution >= 4 is 17.6 Å². The fourth-order valence-corrected chi connectivity index (χ4v) is 4.33. The van der Waals surface area contributed by atoms with Gasteiger partial charge in [-0.05, 0) is 86.4 Å². The molecule has 2 aromatic rings. The number of ether oxygens (including phenoxy) is 2. The topological polar surface area (TPSA) is 35.5 Å². The molecule has 0 aliphatic heterocycles. The Kier molecular flexibility index (Phi) is 13.8. The summed E-state index contributed by atoms with van der Waals surface area (Å²) in [5, 5.41) is 0.272. The number of esters is 1.